The van der Waals surface area contributed by atoms with E-state index >= 15 is 0 Å². The summed E-state index contributed by atoms with van der Waals surface area (Å²) in [5, 5.41) is 0. The number of benzene rings is 1. The van der Waals surface area contributed by atoms with Gasteiger partial charge in [0.25, 0.3) is 6.43 Å². The fraction of sp³-hybridized carbons (Fsp3) is 0.222. The lowest BCUT2D eigenvalue weighted by atomic mass is 10.1. The quantitative estimate of drug-likeness (QED) is 0.609. The Bertz CT molecular complexity index is 331. The van der Waals surface area contributed by atoms with Crippen LogP contribution in [0.3, 0.4) is 0 Å². The van der Waals surface area contributed by atoms with E-state index in [9.17, 15) is 8.78 Å². The van der Waals surface area contributed by atoms with Gasteiger partial charge in [0, 0.05) is 6.42 Å². The maximum absolute atomic E-state index is 12.2. The van der Waals surface area contributed by atoms with Crippen molar-refractivity contribution in [1.82, 2.24) is 0 Å². The first-order valence-electron chi connectivity index (χ1n) is 3.71. The molecule has 1 heterocycles. The van der Waals surface area contributed by atoms with E-state index in [0.29, 0.717) is 12.1 Å². The SMILES string of the molecule is FC(F)C1=Nc2ccccc2C1. The topological polar surface area (TPSA) is 12.4 Å². The largest absolute Gasteiger partial charge is 0.276 e. The Kier molecular flexibility index (Phi) is 1.64. The number of rotatable bonds is 1. The van der Waals surface area contributed by atoms with Crippen molar-refractivity contribution < 1.29 is 8.78 Å². The lowest BCUT2D eigenvalue weighted by molar-refractivity contribution is 0.224. The lowest BCUT2D eigenvalue weighted by Crippen LogP contribution is -2.09. The molecule has 0 spiro atoms. The van der Waals surface area contributed by atoms with Crippen LogP contribution in [-0.2, 0) is 6.42 Å². The van der Waals surface area contributed by atoms with Crippen molar-refractivity contribution in [3.63, 3.8) is 0 Å². The summed E-state index contributed by atoms with van der Waals surface area (Å²) in [6.07, 6.45) is -2.12. The maximum Gasteiger partial charge on any atom is 0.276 e. The first-order valence-corrected chi connectivity index (χ1v) is 3.71. The van der Waals surface area contributed by atoms with E-state index in [1.54, 1.807) is 12.1 Å². The highest BCUT2D eigenvalue weighted by atomic mass is 19.3. The van der Waals surface area contributed by atoms with Gasteiger partial charge < -0.3 is 0 Å². The van der Waals surface area contributed by atoms with Gasteiger partial charge in [-0.1, -0.05) is 18.2 Å². The van der Waals surface area contributed by atoms with Crippen LogP contribution in [0, 0.1) is 0 Å². The van der Waals surface area contributed by atoms with E-state index in [0.717, 1.165) is 5.56 Å². The highest BCUT2D eigenvalue weighted by Gasteiger charge is 2.20. The predicted molar refractivity (Wildman–Crippen MR) is 43.2 cm³/mol. The summed E-state index contributed by atoms with van der Waals surface area (Å²) in [7, 11) is 0. The van der Waals surface area contributed by atoms with Crippen LogP contribution < -0.4 is 0 Å². The van der Waals surface area contributed by atoms with Gasteiger partial charge in [-0.3, -0.25) is 4.99 Å². The Labute approximate surface area is 68.7 Å². The van der Waals surface area contributed by atoms with E-state index < -0.39 is 6.43 Å². The molecule has 0 amide bonds. The summed E-state index contributed by atoms with van der Waals surface area (Å²) >= 11 is 0. The van der Waals surface area contributed by atoms with Gasteiger partial charge in [-0.2, -0.15) is 0 Å². The molecule has 0 saturated carbocycles. The Hall–Kier alpha value is -1.25. The molecule has 0 atom stereocenters. The number of aliphatic imine (C=N–C) groups is 1. The molecule has 3 heteroatoms. The predicted octanol–water partition coefficient (Wildman–Crippen LogP) is 2.58. The van der Waals surface area contributed by atoms with Crippen molar-refractivity contribution in [2.45, 2.75) is 12.8 Å². The van der Waals surface area contributed by atoms with Gasteiger partial charge >= 0.3 is 0 Å². The van der Waals surface area contributed by atoms with Gasteiger partial charge in [0.05, 0.1) is 11.4 Å². The molecule has 0 unspecified atom stereocenters. The van der Waals surface area contributed by atoms with Crippen LogP contribution in [0.1, 0.15) is 5.56 Å². The minimum Gasteiger partial charge on any atom is -0.251 e. The molecule has 0 radical (unpaired) electrons. The molecule has 0 aromatic heterocycles. The first-order chi connectivity index (χ1) is 5.77. The summed E-state index contributed by atoms with van der Waals surface area (Å²) in [5.74, 6) is 0. The lowest BCUT2D eigenvalue weighted by Gasteiger charge is -1.94. The minimum atomic E-state index is -2.42. The second-order valence-electron chi connectivity index (χ2n) is 2.71. The number of nitrogens with zero attached hydrogens (tertiary/aromatic N) is 1. The Morgan fingerprint density at radius 3 is 2.67 bits per heavy atom. The molecule has 1 aromatic rings. The fourth-order valence-corrected chi connectivity index (χ4v) is 1.28. The van der Waals surface area contributed by atoms with Crippen molar-refractivity contribution in [2.24, 2.45) is 4.99 Å². The zero-order chi connectivity index (χ0) is 8.55. The van der Waals surface area contributed by atoms with Crippen molar-refractivity contribution >= 4 is 11.4 Å². The number of hydrogen-bond donors (Lipinski definition) is 0. The third kappa shape index (κ3) is 1.11. The number of alkyl halides is 2. The summed E-state index contributed by atoms with van der Waals surface area (Å²) in [4.78, 5) is 3.82. The Morgan fingerprint density at radius 1 is 1.25 bits per heavy atom. The summed E-state index contributed by atoms with van der Waals surface area (Å²) in [6.45, 7) is 0. The van der Waals surface area contributed by atoms with Crippen LogP contribution in [0.15, 0.2) is 29.3 Å². The molecule has 1 aliphatic heterocycles. The number of halogens is 2. The number of hydrogen-bond acceptors (Lipinski definition) is 1. The van der Waals surface area contributed by atoms with Crippen LogP contribution in [0.4, 0.5) is 14.5 Å². The molecule has 12 heavy (non-hydrogen) atoms. The van der Waals surface area contributed by atoms with Crippen molar-refractivity contribution in [3.8, 4) is 0 Å². The van der Waals surface area contributed by atoms with Crippen LogP contribution in [0.2, 0.25) is 0 Å². The van der Waals surface area contributed by atoms with E-state index in [2.05, 4.69) is 4.99 Å². The standard InChI is InChI=1S/C9H7F2N/c10-9(11)8-5-6-3-1-2-4-7(6)12-8/h1-4,9H,5H2. The third-order valence-electron chi connectivity index (χ3n) is 1.88. The average Bonchev–Trinajstić information content (AvgIpc) is 2.46. The molecule has 0 bridgehead atoms. The van der Waals surface area contributed by atoms with Gasteiger partial charge in [-0.05, 0) is 11.6 Å². The zero-order valence-electron chi connectivity index (χ0n) is 6.30. The monoisotopic (exact) mass is 167 g/mol. The van der Waals surface area contributed by atoms with Crippen LogP contribution >= 0.6 is 0 Å². The van der Waals surface area contributed by atoms with Crippen molar-refractivity contribution in [3.05, 3.63) is 29.8 Å². The molecule has 0 N–H and O–H groups in total. The molecule has 1 aromatic carbocycles. The van der Waals surface area contributed by atoms with Crippen LogP contribution in [0.25, 0.3) is 0 Å². The summed E-state index contributed by atoms with van der Waals surface area (Å²) in [6, 6.07) is 7.22. The highest BCUT2D eigenvalue weighted by molar-refractivity contribution is 5.96. The van der Waals surface area contributed by atoms with Crippen LogP contribution in [0.5, 0.6) is 0 Å². The highest BCUT2D eigenvalue weighted by Crippen LogP contribution is 2.27. The Morgan fingerprint density at radius 2 is 2.00 bits per heavy atom. The average molecular weight is 167 g/mol. The molecule has 62 valence electrons. The van der Waals surface area contributed by atoms with Crippen molar-refractivity contribution in [2.75, 3.05) is 0 Å². The smallest absolute Gasteiger partial charge is 0.251 e. The Balaban J connectivity index is 2.35. The van der Waals surface area contributed by atoms with Crippen molar-refractivity contribution in [1.29, 1.82) is 0 Å². The van der Waals surface area contributed by atoms with E-state index in [4.69, 9.17) is 0 Å². The second kappa shape index (κ2) is 2.66. The minimum absolute atomic E-state index is 0.0174. The molecular weight excluding hydrogens is 160 g/mol. The second-order valence-corrected chi connectivity index (χ2v) is 2.71. The van der Waals surface area contributed by atoms with Gasteiger partial charge in [0.15, 0.2) is 0 Å². The van der Waals surface area contributed by atoms with Gasteiger partial charge in [-0.15, -0.1) is 0 Å². The van der Waals surface area contributed by atoms with Crippen LogP contribution in [-0.4, -0.2) is 12.1 Å². The van der Waals surface area contributed by atoms with Gasteiger partial charge in [-0.25, -0.2) is 8.78 Å². The molecule has 0 saturated heterocycles. The molecule has 0 aliphatic carbocycles. The third-order valence-corrected chi connectivity index (χ3v) is 1.88. The van der Waals surface area contributed by atoms with E-state index in [1.165, 1.54) is 0 Å². The van der Waals surface area contributed by atoms with E-state index in [-0.39, 0.29) is 5.71 Å². The maximum atomic E-state index is 12.2. The van der Waals surface area contributed by atoms with Gasteiger partial charge in [0.1, 0.15) is 0 Å². The molecular formula is C9H7F2N. The first kappa shape index (κ1) is 7.40. The fourth-order valence-electron chi connectivity index (χ4n) is 1.28. The molecule has 0 fully saturated rings. The normalized spacial score (nSPS) is 14.8. The molecule has 1 aliphatic rings. The summed E-state index contributed by atoms with van der Waals surface area (Å²) < 4.78 is 24.3. The molecule has 1 nitrogen and oxygen atoms in total. The van der Waals surface area contributed by atoms with Gasteiger partial charge in [0.2, 0.25) is 0 Å². The zero-order valence-corrected chi connectivity index (χ0v) is 6.30. The summed E-state index contributed by atoms with van der Waals surface area (Å²) in [5.41, 5.74) is 1.57. The molecule has 2 rings (SSSR count). The van der Waals surface area contributed by atoms with E-state index in [1.807, 2.05) is 12.1 Å². The number of para-hydroxylation sites is 1. The number of fused-ring (bicyclic) bond motifs is 1.